The standard InChI is InChI=1S/C18H23N3O4S/c22-21(23)17-3-1-2-4-18(17)26(24,25)20-9-7-19(8-10-20)13-16-12-14-5-6-15(16)11-14/h1-6,14-16H,7-13H2/p+1/t14-,15-,16-/m0/s1. The van der Waals surface area contributed by atoms with Gasteiger partial charge in [-0.3, -0.25) is 10.1 Å². The van der Waals surface area contributed by atoms with E-state index in [1.807, 2.05) is 0 Å². The second-order valence-electron chi connectivity index (χ2n) is 7.62. The molecule has 0 aromatic heterocycles. The predicted molar refractivity (Wildman–Crippen MR) is 96.3 cm³/mol. The number of piperazine rings is 1. The number of para-hydroxylation sites is 1. The number of benzene rings is 1. The summed E-state index contributed by atoms with van der Waals surface area (Å²) in [6.07, 6.45) is 7.25. The van der Waals surface area contributed by atoms with Gasteiger partial charge in [0, 0.05) is 12.0 Å². The Kier molecular flexibility index (Phi) is 4.58. The maximum Gasteiger partial charge on any atom is 0.289 e. The van der Waals surface area contributed by atoms with Gasteiger partial charge < -0.3 is 4.90 Å². The Hall–Kier alpha value is -1.77. The molecule has 1 N–H and O–H groups in total. The minimum atomic E-state index is -3.83. The van der Waals surface area contributed by atoms with Crippen molar-refractivity contribution in [1.82, 2.24) is 4.31 Å². The first-order chi connectivity index (χ1) is 12.4. The van der Waals surface area contributed by atoms with Crippen LogP contribution in [0.1, 0.15) is 12.8 Å². The first-order valence-electron chi connectivity index (χ1n) is 9.20. The van der Waals surface area contributed by atoms with Crippen LogP contribution >= 0.6 is 0 Å². The number of nitrogens with one attached hydrogen (secondary N) is 1. The number of rotatable bonds is 5. The Balaban J connectivity index is 1.41. The number of fused-ring (bicyclic) bond motifs is 2. The van der Waals surface area contributed by atoms with E-state index in [1.54, 1.807) is 0 Å². The second kappa shape index (κ2) is 6.75. The highest BCUT2D eigenvalue weighted by Crippen LogP contribution is 2.42. The van der Waals surface area contributed by atoms with E-state index >= 15 is 0 Å². The van der Waals surface area contributed by atoms with Crippen LogP contribution in [-0.4, -0.2) is 50.4 Å². The Morgan fingerprint density at radius 3 is 2.50 bits per heavy atom. The monoisotopic (exact) mass is 378 g/mol. The van der Waals surface area contributed by atoms with Gasteiger partial charge >= 0.3 is 0 Å². The summed E-state index contributed by atoms with van der Waals surface area (Å²) in [5, 5.41) is 11.2. The molecule has 1 aliphatic heterocycles. The highest BCUT2D eigenvalue weighted by molar-refractivity contribution is 7.89. The van der Waals surface area contributed by atoms with Crippen molar-refractivity contribution in [2.24, 2.45) is 17.8 Å². The van der Waals surface area contributed by atoms with Crippen LogP contribution in [-0.2, 0) is 10.0 Å². The molecule has 3 aliphatic rings. The molecule has 2 aliphatic carbocycles. The fraction of sp³-hybridized carbons (Fsp3) is 0.556. The highest BCUT2D eigenvalue weighted by atomic mass is 32.2. The topological polar surface area (TPSA) is 85.0 Å². The lowest BCUT2D eigenvalue weighted by Gasteiger charge is -2.33. The fourth-order valence-corrected chi connectivity index (χ4v) is 6.31. The number of nitro benzene ring substituents is 1. The minimum absolute atomic E-state index is 0.202. The maximum atomic E-state index is 12.9. The number of nitrogens with zero attached hydrogens (tertiary/aromatic N) is 2. The van der Waals surface area contributed by atoms with Crippen molar-refractivity contribution in [3.05, 3.63) is 46.5 Å². The number of hydrogen-bond donors (Lipinski definition) is 1. The minimum Gasteiger partial charge on any atom is -0.332 e. The summed E-state index contributed by atoms with van der Waals surface area (Å²) in [6.45, 7) is 3.46. The third-order valence-electron chi connectivity index (χ3n) is 6.08. The average molecular weight is 378 g/mol. The molecule has 140 valence electrons. The van der Waals surface area contributed by atoms with E-state index in [1.165, 1.54) is 46.3 Å². The predicted octanol–water partition coefficient (Wildman–Crippen LogP) is 0.696. The third kappa shape index (κ3) is 3.17. The van der Waals surface area contributed by atoms with Crippen LogP contribution < -0.4 is 4.90 Å². The van der Waals surface area contributed by atoms with Crippen molar-refractivity contribution in [2.75, 3.05) is 32.7 Å². The molecule has 3 atom stereocenters. The summed E-state index contributed by atoms with van der Waals surface area (Å²) < 4.78 is 27.1. The summed E-state index contributed by atoms with van der Waals surface area (Å²) >= 11 is 0. The molecule has 0 unspecified atom stereocenters. The summed E-state index contributed by atoms with van der Waals surface area (Å²) in [6, 6.07) is 5.60. The smallest absolute Gasteiger partial charge is 0.289 e. The van der Waals surface area contributed by atoms with Crippen molar-refractivity contribution in [2.45, 2.75) is 17.7 Å². The van der Waals surface area contributed by atoms with Crippen LogP contribution in [0.3, 0.4) is 0 Å². The molecule has 8 heteroatoms. The number of hydrogen-bond acceptors (Lipinski definition) is 4. The molecule has 1 saturated carbocycles. The zero-order valence-corrected chi connectivity index (χ0v) is 15.4. The van der Waals surface area contributed by atoms with Crippen LogP contribution in [0, 0.1) is 27.9 Å². The zero-order chi connectivity index (χ0) is 18.3. The largest absolute Gasteiger partial charge is 0.332 e. The lowest BCUT2D eigenvalue weighted by molar-refractivity contribution is -0.907. The van der Waals surface area contributed by atoms with E-state index in [4.69, 9.17) is 0 Å². The van der Waals surface area contributed by atoms with Gasteiger partial charge in [-0.2, -0.15) is 4.31 Å². The summed E-state index contributed by atoms with van der Waals surface area (Å²) in [7, 11) is -3.83. The summed E-state index contributed by atoms with van der Waals surface area (Å²) in [4.78, 5) is 11.8. The Bertz CT molecular complexity index is 831. The molecule has 1 saturated heterocycles. The number of allylic oxidation sites excluding steroid dienone is 2. The van der Waals surface area contributed by atoms with Crippen LogP contribution in [0.2, 0.25) is 0 Å². The van der Waals surface area contributed by atoms with E-state index in [-0.39, 0.29) is 10.6 Å². The van der Waals surface area contributed by atoms with Gasteiger partial charge in [0.25, 0.3) is 5.69 Å². The average Bonchev–Trinajstić information content (AvgIpc) is 3.25. The zero-order valence-electron chi connectivity index (χ0n) is 14.6. The van der Waals surface area contributed by atoms with E-state index in [9.17, 15) is 18.5 Å². The van der Waals surface area contributed by atoms with Crippen LogP contribution in [0.25, 0.3) is 0 Å². The Morgan fingerprint density at radius 2 is 1.88 bits per heavy atom. The molecule has 0 amide bonds. The fourth-order valence-electron chi connectivity index (χ4n) is 4.71. The molecule has 1 heterocycles. The molecular formula is C18H24N3O4S+. The first-order valence-corrected chi connectivity index (χ1v) is 10.6. The van der Waals surface area contributed by atoms with Gasteiger partial charge in [-0.15, -0.1) is 0 Å². The molecule has 0 spiro atoms. The normalized spacial score (nSPS) is 29.3. The van der Waals surface area contributed by atoms with Crippen molar-refractivity contribution in [3.8, 4) is 0 Å². The molecule has 1 aromatic rings. The molecule has 2 bridgehead atoms. The van der Waals surface area contributed by atoms with Gasteiger partial charge in [0.1, 0.15) is 0 Å². The van der Waals surface area contributed by atoms with Gasteiger partial charge in [-0.1, -0.05) is 24.3 Å². The third-order valence-corrected chi connectivity index (χ3v) is 8.02. The Morgan fingerprint density at radius 1 is 1.15 bits per heavy atom. The number of quaternary nitrogens is 1. The van der Waals surface area contributed by atoms with E-state index < -0.39 is 14.9 Å². The van der Waals surface area contributed by atoms with Gasteiger partial charge in [0.05, 0.1) is 37.6 Å². The van der Waals surface area contributed by atoms with Crippen LogP contribution in [0.5, 0.6) is 0 Å². The van der Waals surface area contributed by atoms with Crippen LogP contribution in [0.4, 0.5) is 5.69 Å². The van der Waals surface area contributed by atoms with E-state index in [2.05, 4.69) is 12.2 Å². The van der Waals surface area contributed by atoms with Gasteiger partial charge in [-0.05, 0) is 30.7 Å². The van der Waals surface area contributed by atoms with Gasteiger partial charge in [0.15, 0.2) is 4.90 Å². The number of nitro groups is 1. The van der Waals surface area contributed by atoms with Gasteiger partial charge in [-0.25, -0.2) is 8.42 Å². The SMILES string of the molecule is O=[N+]([O-])c1ccccc1S(=O)(=O)N1CC[NH+](C[C@@H]2C[C@H]3C=C[C@H]2C3)CC1. The molecule has 26 heavy (non-hydrogen) atoms. The summed E-state index contributed by atoms with van der Waals surface area (Å²) in [5.74, 6) is 2.18. The lowest BCUT2D eigenvalue weighted by atomic mass is 9.93. The Labute approximate surface area is 153 Å². The molecule has 4 rings (SSSR count). The van der Waals surface area contributed by atoms with E-state index in [0.717, 1.165) is 31.5 Å². The van der Waals surface area contributed by atoms with Gasteiger partial charge in [0.2, 0.25) is 10.0 Å². The van der Waals surface area contributed by atoms with Crippen molar-refractivity contribution in [3.63, 3.8) is 0 Å². The first kappa shape index (κ1) is 17.6. The van der Waals surface area contributed by atoms with Crippen LogP contribution in [0.15, 0.2) is 41.3 Å². The maximum absolute atomic E-state index is 12.9. The molecule has 0 radical (unpaired) electrons. The quantitative estimate of drug-likeness (QED) is 0.464. The molecule has 2 fully saturated rings. The van der Waals surface area contributed by atoms with Crippen molar-refractivity contribution in [1.29, 1.82) is 0 Å². The highest BCUT2D eigenvalue weighted by Gasteiger charge is 2.40. The second-order valence-corrected chi connectivity index (χ2v) is 9.53. The number of sulfonamides is 1. The molecule has 7 nitrogen and oxygen atoms in total. The summed E-state index contributed by atoms with van der Waals surface area (Å²) in [5.41, 5.74) is -0.351. The van der Waals surface area contributed by atoms with Crippen molar-refractivity contribution >= 4 is 15.7 Å². The molecular weight excluding hydrogens is 354 g/mol. The van der Waals surface area contributed by atoms with Crippen molar-refractivity contribution < 1.29 is 18.2 Å². The lowest BCUT2D eigenvalue weighted by Crippen LogP contribution is -3.15. The van der Waals surface area contributed by atoms with E-state index in [0.29, 0.717) is 19.0 Å². The molecule has 1 aromatic carbocycles.